The molecule has 0 heterocycles. The highest BCUT2D eigenvalue weighted by atomic mass is 16.4. The molecule has 0 spiro atoms. The summed E-state index contributed by atoms with van der Waals surface area (Å²) in [6, 6.07) is 9.15. The first kappa shape index (κ1) is 12.0. The number of carbonyl (C=O) groups excluding carboxylic acids is 1. The molecule has 0 aliphatic rings. The van der Waals surface area contributed by atoms with Gasteiger partial charge in [-0.25, -0.2) is 4.79 Å². The molecule has 0 unspecified atom stereocenters. The highest BCUT2D eigenvalue weighted by Gasteiger charge is 2.10. The van der Waals surface area contributed by atoms with Crippen LogP contribution in [-0.2, 0) is 16.0 Å². The summed E-state index contributed by atoms with van der Waals surface area (Å²) >= 11 is 0. The fourth-order valence-electron chi connectivity index (χ4n) is 1.22. The van der Waals surface area contributed by atoms with Crippen LogP contribution in [0.15, 0.2) is 42.1 Å². The standard InChI is InChI=1S/C12H13NO3/c1-2-10(12(15)16)13-11(14)8-9-6-4-3-5-7-9/h2-7H,8H2,1H3,(H,13,14)(H,15,16)/b10-2-. The number of aliphatic carboxylic acids is 1. The van der Waals surface area contributed by atoms with Gasteiger partial charge < -0.3 is 10.4 Å². The van der Waals surface area contributed by atoms with Crippen LogP contribution in [0.25, 0.3) is 0 Å². The number of rotatable bonds is 4. The van der Waals surface area contributed by atoms with E-state index in [2.05, 4.69) is 5.32 Å². The van der Waals surface area contributed by atoms with Crippen LogP contribution in [0.5, 0.6) is 0 Å². The Morgan fingerprint density at radius 2 is 1.94 bits per heavy atom. The van der Waals surface area contributed by atoms with Crippen LogP contribution in [0.2, 0.25) is 0 Å². The zero-order valence-corrected chi connectivity index (χ0v) is 8.93. The molecule has 2 N–H and O–H groups in total. The maximum Gasteiger partial charge on any atom is 0.352 e. The normalized spacial score (nSPS) is 10.9. The number of hydrogen-bond donors (Lipinski definition) is 2. The van der Waals surface area contributed by atoms with E-state index in [0.717, 1.165) is 5.56 Å². The predicted octanol–water partition coefficient (Wildman–Crippen LogP) is 1.33. The average molecular weight is 219 g/mol. The maximum absolute atomic E-state index is 11.5. The first-order valence-corrected chi connectivity index (χ1v) is 4.87. The van der Waals surface area contributed by atoms with E-state index < -0.39 is 5.97 Å². The Hall–Kier alpha value is -2.10. The smallest absolute Gasteiger partial charge is 0.352 e. The summed E-state index contributed by atoms with van der Waals surface area (Å²) in [5, 5.41) is 11.0. The van der Waals surface area contributed by atoms with E-state index >= 15 is 0 Å². The minimum absolute atomic E-state index is 0.0964. The van der Waals surface area contributed by atoms with Crippen molar-refractivity contribution in [1.29, 1.82) is 0 Å². The van der Waals surface area contributed by atoms with Crippen LogP contribution in [0.3, 0.4) is 0 Å². The SMILES string of the molecule is C/C=C(\NC(=O)Cc1ccccc1)C(=O)O. The summed E-state index contributed by atoms with van der Waals surface area (Å²) < 4.78 is 0. The Labute approximate surface area is 93.6 Å². The second-order valence-electron chi connectivity index (χ2n) is 3.22. The topological polar surface area (TPSA) is 66.4 Å². The van der Waals surface area contributed by atoms with Crippen molar-refractivity contribution >= 4 is 11.9 Å². The van der Waals surface area contributed by atoms with Gasteiger partial charge in [-0.05, 0) is 12.5 Å². The lowest BCUT2D eigenvalue weighted by Crippen LogP contribution is -2.28. The van der Waals surface area contributed by atoms with Crippen LogP contribution in [0.1, 0.15) is 12.5 Å². The van der Waals surface area contributed by atoms with Gasteiger partial charge in [0.05, 0.1) is 6.42 Å². The summed E-state index contributed by atoms with van der Waals surface area (Å²) in [5.41, 5.74) is 0.752. The molecule has 0 aromatic heterocycles. The Balaban J connectivity index is 2.58. The highest BCUT2D eigenvalue weighted by molar-refractivity contribution is 5.93. The molecule has 0 aliphatic carbocycles. The number of carboxylic acid groups (broad SMARTS) is 1. The Morgan fingerprint density at radius 1 is 1.31 bits per heavy atom. The van der Waals surface area contributed by atoms with Gasteiger partial charge >= 0.3 is 5.97 Å². The highest BCUT2D eigenvalue weighted by Crippen LogP contribution is 2.00. The number of carbonyl (C=O) groups is 2. The van der Waals surface area contributed by atoms with Crippen molar-refractivity contribution in [3.05, 3.63) is 47.7 Å². The number of benzene rings is 1. The summed E-state index contributed by atoms with van der Waals surface area (Å²) in [4.78, 5) is 22.1. The van der Waals surface area contributed by atoms with Crippen molar-refractivity contribution in [2.24, 2.45) is 0 Å². The summed E-state index contributed by atoms with van der Waals surface area (Å²) in [5.74, 6) is -1.47. The molecule has 84 valence electrons. The molecule has 0 fully saturated rings. The van der Waals surface area contributed by atoms with Crippen molar-refractivity contribution in [2.75, 3.05) is 0 Å². The van der Waals surface area contributed by atoms with Crippen LogP contribution in [0.4, 0.5) is 0 Å². The molecule has 1 aromatic rings. The largest absolute Gasteiger partial charge is 0.477 e. The maximum atomic E-state index is 11.5. The van der Waals surface area contributed by atoms with Gasteiger partial charge in [-0.15, -0.1) is 0 Å². The average Bonchev–Trinajstić information content (AvgIpc) is 2.27. The van der Waals surface area contributed by atoms with Gasteiger partial charge in [-0.1, -0.05) is 36.4 Å². The van der Waals surface area contributed by atoms with Crippen LogP contribution < -0.4 is 5.32 Å². The zero-order valence-electron chi connectivity index (χ0n) is 8.93. The van der Waals surface area contributed by atoms with Gasteiger partial charge in [0.25, 0.3) is 0 Å². The monoisotopic (exact) mass is 219 g/mol. The second kappa shape index (κ2) is 5.70. The molecule has 0 saturated carbocycles. The number of hydrogen-bond acceptors (Lipinski definition) is 2. The summed E-state index contributed by atoms with van der Waals surface area (Å²) in [6.07, 6.45) is 1.52. The van der Waals surface area contributed by atoms with Crippen molar-refractivity contribution < 1.29 is 14.7 Å². The van der Waals surface area contributed by atoms with E-state index in [9.17, 15) is 9.59 Å². The third-order valence-electron chi connectivity index (χ3n) is 2.00. The van der Waals surface area contributed by atoms with Crippen molar-refractivity contribution in [1.82, 2.24) is 5.32 Å². The summed E-state index contributed by atoms with van der Waals surface area (Å²) in [6.45, 7) is 1.56. The van der Waals surface area contributed by atoms with E-state index in [1.807, 2.05) is 30.3 Å². The lowest BCUT2D eigenvalue weighted by Gasteiger charge is -2.05. The van der Waals surface area contributed by atoms with Gasteiger partial charge in [0.1, 0.15) is 5.70 Å². The quantitative estimate of drug-likeness (QED) is 0.751. The molecule has 0 atom stereocenters. The molecule has 0 bridgehead atoms. The van der Waals surface area contributed by atoms with Crippen LogP contribution >= 0.6 is 0 Å². The lowest BCUT2D eigenvalue weighted by molar-refractivity contribution is -0.134. The van der Waals surface area contributed by atoms with Gasteiger partial charge in [0, 0.05) is 0 Å². The molecular formula is C12H13NO3. The molecule has 1 rings (SSSR count). The Kier molecular flexibility index (Phi) is 4.27. The van der Waals surface area contributed by atoms with Gasteiger partial charge in [0.2, 0.25) is 5.91 Å². The fourth-order valence-corrected chi connectivity index (χ4v) is 1.22. The molecule has 16 heavy (non-hydrogen) atoms. The number of allylic oxidation sites excluding steroid dienone is 1. The molecule has 1 aromatic carbocycles. The first-order chi connectivity index (χ1) is 7.63. The number of nitrogens with one attached hydrogen (secondary N) is 1. The lowest BCUT2D eigenvalue weighted by atomic mass is 10.1. The van der Waals surface area contributed by atoms with Gasteiger partial charge in [-0.3, -0.25) is 4.79 Å². The minimum atomic E-state index is -1.14. The van der Waals surface area contributed by atoms with E-state index in [0.29, 0.717) is 0 Å². The number of carboxylic acids is 1. The number of amides is 1. The zero-order chi connectivity index (χ0) is 12.0. The van der Waals surface area contributed by atoms with Crippen molar-refractivity contribution in [2.45, 2.75) is 13.3 Å². The van der Waals surface area contributed by atoms with Gasteiger partial charge in [0.15, 0.2) is 0 Å². The predicted molar refractivity (Wildman–Crippen MR) is 59.7 cm³/mol. The molecule has 0 radical (unpaired) electrons. The third kappa shape index (κ3) is 3.57. The Bertz CT molecular complexity index is 410. The van der Waals surface area contributed by atoms with Crippen molar-refractivity contribution in [3.63, 3.8) is 0 Å². The van der Waals surface area contributed by atoms with Gasteiger partial charge in [-0.2, -0.15) is 0 Å². The van der Waals surface area contributed by atoms with E-state index in [4.69, 9.17) is 5.11 Å². The Morgan fingerprint density at radius 3 is 2.44 bits per heavy atom. The molecule has 4 heteroatoms. The van der Waals surface area contributed by atoms with E-state index in [1.165, 1.54) is 6.08 Å². The molecule has 0 aliphatic heterocycles. The van der Waals surface area contributed by atoms with Crippen LogP contribution in [-0.4, -0.2) is 17.0 Å². The van der Waals surface area contributed by atoms with Crippen molar-refractivity contribution in [3.8, 4) is 0 Å². The molecular weight excluding hydrogens is 206 g/mol. The third-order valence-corrected chi connectivity index (χ3v) is 2.00. The fraction of sp³-hybridized carbons (Fsp3) is 0.167. The van der Waals surface area contributed by atoms with Crippen LogP contribution in [0, 0.1) is 0 Å². The molecule has 1 amide bonds. The minimum Gasteiger partial charge on any atom is -0.477 e. The molecule has 0 saturated heterocycles. The van der Waals surface area contributed by atoms with E-state index in [-0.39, 0.29) is 18.0 Å². The second-order valence-corrected chi connectivity index (χ2v) is 3.22. The van der Waals surface area contributed by atoms with E-state index in [1.54, 1.807) is 6.92 Å². The molecule has 4 nitrogen and oxygen atoms in total. The first-order valence-electron chi connectivity index (χ1n) is 4.87. The summed E-state index contributed by atoms with van der Waals surface area (Å²) in [7, 11) is 0.